The number of nitrogens with zero attached hydrogens (tertiary/aromatic N) is 5. The van der Waals surface area contributed by atoms with Crippen LogP contribution in [0.2, 0.25) is 0 Å². The highest BCUT2D eigenvalue weighted by atomic mass is 79.9. The Balaban J connectivity index is 1.79. The third-order valence-electron chi connectivity index (χ3n) is 4.83. The summed E-state index contributed by atoms with van der Waals surface area (Å²) in [7, 11) is 1.60. The number of aryl methyl sites for hydroxylation is 1. The van der Waals surface area contributed by atoms with E-state index in [1.54, 1.807) is 28.6 Å². The van der Waals surface area contributed by atoms with E-state index in [9.17, 15) is 4.79 Å². The number of benzene rings is 1. The summed E-state index contributed by atoms with van der Waals surface area (Å²) in [6.45, 7) is 4.93. The van der Waals surface area contributed by atoms with Crippen molar-refractivity contribution in [2.24, 2.45) is 0 Å². The second-order valence-corrected chi connectivity index (χ2v) is 7.90. The van der Waals surface area contributed by atoms with E-state index in [0.717, 1.165) is 15.7 Å². The summed E-state index contributed by atoms with van der Waals surface area (Å²) in [4.78, 5) is 26.6. The van der Waals surface area contributed by atoms with Crippen molar-refractivity contribution in [1.82, 2.24) is 24.1 Å². The van der Waals surface area contributed by atoms with Crippen LogP contribution in [0, 0.1) is 6.92 Å². The van der Waals surface area contributed by atoms with Crippen molar-refractivity contribution in [3.8, 4) is 11.5 Å². The van der Waals surface area contributed by atoms with Crippen LogP contribution >= 0.6 is 15.9 Å². The lowest BCUT2D eigenvalue weighted by Gasteiger charge is -2.11. The molecule has 4 rings (SSSR count). The molecule has 160 valence electrons. The molecule has 8 nitrogen and oxygen atoms in total. The fourth-order valence-corrected chi connectivity index (χ4v) is 3.77. The van der Waals surface area contributed by atoms with E-state index in [2.05, 4.69) is 30.9 Å². The second-order valence-electron chi connectivity index (χ2n) is 6.98. The Kier molecular flexibility index (Phi) is 6.03. The van der Waals surface area contributed by atoms with Gasteiger partial charge in [-0.25, -0.2) is 19.7 Å². The lowest BCUT2D eigenvalue weighted by molar-refractivity contribution is 0.310. The third kappa shape index (κ3) is 4.32. The van der Waals surface area contributed by atoms with Gasteiger partial charge in [0.15, 0.2) is 17.1 Å². The summed E-state index contributed by atoms with van der Waals surface area (Å²) >= 11 is 3.46. The van der Waals surface area contributed by atoms with Crippen LogP contribution in [-0.4, -0.2) is 37.8 Å². The Morgan fingerprint density at radius 3 is 2.65 bits per heavy atom. The Morgan fingerprint density at radius 1 is 1.06 bits per heavy atom. The van der Waals surface area contributed by atoms with Crippen molar-refractivity contribution < 1.29 is 9.47 Å². The third-order valence-corrected chi connectivity index (χ3v) is 5.27. The van der Waals surface area contributed by atoms with Gasteiger partial charge < -0.3 is 9.47 Å². The molecule has 0 atom stereocenters. The van der Waals surface area contributed by atoms with Crippen LogP contribution in [-0.2, 0) is 13.1 Å². The molecule has 0 saturated carbocycles. The molecule has 1 aromatic carbocycles. The lowest BCUT2D eigenvalue weighted by atomic mass is 10.2. The van der Waals surface area contributed by atoms with Gasteiger partial charge in [0.25, 0.3) is 0 Å². The fourth-order valence-electron chi connectivity index (χ4n) is 3.45. The predicted octanol–water partition coefficient (Wildman–Crippen LogP) is 3.56. The molecule has 0 unspecified atom stereocenters. The summed E-state index contributed by atoms with van der Waals surface area (Å²) in [6.07, 6.45) is 3.38. The van der Waals surface area contributed by atoms with Crippen LogP contribution in [0.3, 0.4) is 0 Å². The highest BCUT2D eigenvalue weighted by molar-refractivity contribution is 9.10. The molecule has 0 fully saturated rings. The van der Waals surface area contributed by atoms with Crippen LogP contribution in [0.15, 0.2) is 52.0 Å². The van der Waals surface area contributed by atoms with Crippen molar-refractivity contribution >= 4 is 27.1 Å². The molecule has 0 bridgehead atoms. The Labute approximate surface area is 187 Å². The number of hydrogen-bond acceptors (Lipinski definition) is 6. The van der Waals surface area contributed by atoms with Gasteiger partial charge in [0.05, 0.1) is 32.3 Å². The standard InChI is InChI=1S/C22H22BrN5O3/c1-4-31-19-9-15(5-6-18(19)30-3)12-28-21-17(10-16(23)11-25-21)27(22(28)29)13-20-24-8-7-14(2)26-20/h5-11H,4,12-13H2,1-3H3. The Bertz CT molecular complexity index is 1300. The predicted molar refractivity (Wildman–Crippen MR) is 121 cm³/mol. The van der Waals surface area contributed by atoms with E-state index in [4.69, 9.17) is 9.47 Å². The molecule has 0 aliphatic carbocycles. The van der Waals surface area contributed by atoms with E-state index in [1.165, 1.54) is 0 Å². The average molecular weight is 484 g/mol. The second kappa shape index (κ2) is 8.89. The molecule has 3 heterocycles. The largest absolute Gasteiger partial charge is 0.493 e. The van der Waals surface area contributed by atoms with Crippen LogP contribution in [0.5, 0.6) is 11.5 Å². The average Bonchev–Trinajstić information content (AvgIpc) is 2.99. The monoisotopic (exact) mass is 483 g/mol. The molecule has 0 saturated heterocycles. The first-order chi connectivity index (χ1) is 15.0. The first-order valence-electron chi connectivity index (χ1n) is 9.83. The van der Waals surface area contributed by atoms with E-state index in [0.29, 0.717) is 41.6 Å². The molecule has 0 spiro atoms. The fraction of sp³-hybridized carbons (Fsp3) is 0.273. The molecule has 0 N–H and O–H groups in total. The number of halogens is 1. The molecular weight excluding hydrogens is 462 g/mol. The van der Waals surface area contributed by atoms with Crippen molar-refractivity contribution in [3.63, 3.8) is 0 Å². The highest BCUT2D eigenvalue weighted by Crippen LogP contribution is 2.28. The van der Waals surface area contributed by atoms with E-state index in [-0.39, 0.29) is 12.2 Å². The minimum absolute atomic E-state index is 0.181. The van der Waals surface area contributed by atoms with Crippen LogP contribution in [0.1, 0.15) is 24.0 Å². The van der Waals surface area contributed by atoms with Gasteiger partial charge >= 0.3 is 5.69 Å². The number of hydrogen-bond donors (Lipinski definition) is 0. The van der Waals surface area contributed by atoms with E-state index in [1.807, 2.05) is 44.2 Å². The van der Waals surface area contributed by atoms with E-state index >= 15 is 0 Å². The van der Waals surface area contributed by atoms with Gasteiger partial charge in [-0.2, -0.15) is 0 Å². The molecule has 0 aliphatic heterocycles. The van der Waals surface area contributed by atoms with Crippen LogP contribution in [0.25, 0.3) is 11.2 Å². The van der Waals surface area contributed by atoms with Gasteiger partial charge in [0.1, 0.15) is 5.82 Å². The number of methoxy groups -OCH3 is 1. The van der Waals surface area contributed by atoms with Crippen molar-refractivity contribution in [2.45, 2.75) is 26.9 Å². The highest BCUT2D eigenvalue weighted by Gasteiger charge is 2.17. The number of ether oxygens (including phenoxy) is 2. The first kappa shape index (κ1) is 21.0. The molecule has 0 radical (unpaired) electrons. The molecule has 0 amide bonds. The zero-order valence-electron chi connectivity index (χ0n) is 17.5. The quantitative estimate of drug-likeness (QED) is 0.399. The topological polar surface area (TPSA) is 84.1 Å². The summed E-state index contributed by atoms with van der Waals surface area (Å²) in [6, 6.07) is 9.36. The summed E-state index contributed by atoms with van der Waals surface area (Å²) in [5, 5.41) is 0. The van der Waals surface area contributed by atoms with Gasteiger partial charge in [-0.15, -0.1) is 0 Å². The number of fused-ring (bicyclic) bond motifs is 1. The summed E-state index contributed by atoms with van der Waals surface area (Å²) in [5.41, 5.74) is 2.88. The van der Waals surface area contributed by atoms with Gasteiger partial charge in [-0.3, -0.25) is 9.13 Å². The van der Waals surface area contributed by atoms with Gasteiger partial charge in [-0.1, -0.05) is 6.07 Å². The summed E-state index contributed by atoms with van der Waals surface area (Å²) < 4.78 is 15.1. The minimum Gasteiger partial charge on any atom is -0.493 e. The normalized spacial score (nSPS) is 11.1. The molecule has 4 aromatic rings. The van der Waals surface area contributed by atoms with Gasteiger partial charge in [0, 0.05) is 22.6 Å². The Morgan fingerprint density at radius 2 is 1.90 bits per heavy atom. The summed E-state index contributed by atoms with van der Waals surface area (Å²) in [5.74, 6) is 1.87. The molecular formula is C22H22BrN5O3. The van der Waals surface area contributed by atoms with Gasteiger partial charge in [0.2, 0.25) is 0 Å². The minimum atomic E-state index is -0.181. The zero-order valence-corrected chi connectivity index (χ0v) is 19.1. The maximum Gasteiger partial charge on any atom is 0.331 e. The molecule has 9 heteroatoms. The van der Waals surface area contributed by atoms with Gasteiger partial charge in [-0.05, 0) is 59.6 Å². The smallest absolute Gasteiger partial charge is 0.331 e. The van der Waals surface area contributed by atoms with Crippen molar-refractivity contribution in [3.05, 3.63) is 74.8 Å². The maximum atomic E-state index is 13.4. The zero-order chi connectivity index (χ0) is 22.0. The maximum absolute atomic E-state index is 13.4. The van der Waals surface area contributed by atoms with Crippen molar-refractivity contribution in [2.75, 3.05) is 13.7 Å². The molecule has 31 heavy (non-hydrogen) atoms. The number of pyridine rings is 1. The van der Waals surface area contributed by atoms with Crippen molar-refractivity contribution in [1.29, 1.82) is 0 Å². The number of aromatic nitrogens is 5. The lowest BCUT2D eigenvalue weighted by Crippen LogP contribution is -2.26. The van der Waals surface area contributed by atoms with Crippen LogP contribution in [0.4, 0.5) is 0 Å². The van der Waals surface area contributed by atoms with E-state index < -0.39 is 0 Å². The first-order valence-corrected chi connectivity index (χ1v) is 10.6. The Hall–Kier alpha value is -3.20. The van der Waals surface area contributed by atoms with Crippen LogP contribution < -0.4 is 15.2 Å². The SMILES string of the molecule is CCOc1cc(Cn2c(=O)n(Cc3nccc(C)n3)c3cc(Br)cnc32)ccc1OC. The molecule has 0 aliphatic rings. The number of rotatable bonds is 7. The number of imidazole rings is 1. The molecule has 3 aromatic heterocycles.